The van der Waals surface area contributed by atoms with Gasteiger partial charge in [0, 0.05) is 38.2 Å². The van der Waals surface area contributed by atoms with E-state index in [1.165, 1.54) is 25.7 Å². The smallest absolute Gasteiger partial charge is 0.213 e. The van der Waals surface area contributed by atoms with E-state index in [4.69, 9.17) is 15.2 Å². The van der Waals surface area contributed by atoms with Crippen molar-refractivity contribution in [3.05, 3.63) is 23.9 Å². The second-order valence-electron chi connectivity index (χ2n) is 6.51. The van der Waals surface area contributed by atoms with Crippen molar-refractivity contribution in [3.63, 3.8) is 0 Å². The molecule has 2 aliphatic heterocycles. The van der Waals surface area contributed by atoms with Crippen LogP contribution in [0.15, 0.2) is 23.3 Å². The first-order chi connectivity index (χ1) is 11.8. The standard InChI is InChI=1S/C18H28N4O2.HI/c19-18(22-9-3-1-2-4-10-22)21-14-15-5-8-20-17(13-15)24-16-6-11-23-12-7-16;/h5,8,13,16H,1-4,6-7,9-12,14H2,(H2,19,21);1H. The topological polar surface area (TPSA) is 73.0 Å². The molecule has 3 rings (SSSR count). The van der Waals surface area contributed by atoms with Crippen LogP contribution in [0.25, 0.3) is 0 Å². The molecule has 0 aliphatic carbocycles. The Hall–Kier alpha value is -1.09. The molecule has 0 spiro atoms. The van der Waals surface area contributed by atoms with Crippen LogP contribution in [0.3, 0.4) is 0 Å². The lowest BCUT2D eigenvalue weighted by molar-refractivity contribution is 0.0237. The molecule has 0 radical (unpaired) electrons. The highest BCUT2D eigenvalue weighted by Crippen LogP contribution is 2.17. The minimum atomic E-state index is 0. The molecular weight excluding hydrogens is 431 g/mol. The maximum absolute atomic E-state index is 6.17. The molecule has 2 aliphatic rings. The number of ether oxygens (including phenoxy) is 2. The molecule has 0 atom stereocenters. The number of nitrogens with zero attached hydrogens (tertiary/aromatic N) is 3. The molecule has 7 heteroatoms. The summed E-state index contributed by atoms with van der Waals surface area (Å²) in [5.41, 5.74) is 7.24. The fourth-order valence-electron chi connectivity index (χ4n) is 3.15. The Morgan fingerprint density at radius 2 is 1.96 bits per heavy atom. The van der Waals surface area contributed by atoms with E-state index in [2.05, 4.69) is 14.9 Å². The summed E-state index contributed by atoms with van der Waals surface area (Å²) in [5, 5.41) is 0. The third kappa shape index (κ3) is 6.62. The van der Waals surface area contributed by atoms with E-state index in [0.29, 0.717) is 18.4 Å². The van der Waals surface area contributed by atoms with E-state index in [9.17, 15) is 0 Å². The van der Waals surface area contributed by atoms with E-state index in [-0.39, 0.29) is 30.1 Å². The van der Waals surface area contributed by atoms with Crippen molar-refractivity contribution in [3.8, 4) is 5.88 Å². The number of nitrogens with two attached hydrogens (primary N) is 1. The van der Waals surface area contributed by atoms with Crippen molar-refractivity contribution in [2.24, 2.45) is 10.7 Å². The highest BCUT2D eigenvalue weighted by Gasteiger charge is 2.16. The summed E-state index contributed by atoms with van der Waals surface area (Å²) in [6, 6.07) is 3.94. The SMILES string of the molecule is I.NC(=NCc1ccnc(OC2CCOCC2)c1)N1CCCCCC1. The molecule has 0 aromatic carbocycles. The molecule has 6 nitrogen and oxygen atoms in total. The zero-order valence-corrected chi connectivity index (χ0v) is 17.1. The molecule has 1 aromatic heterocycles. The Balaban J connectivity index is 0.00000225. The van der Waals surface area contributed by atoms with Crippen LogP contribution in [0.1, 0.15) is 44.1 Å². The maximum Gasteiger partial charge on any atom is 0.213 e. The molecule has 140 valence electrons. The summed E-state index contributed by atoms with van der Waals surface area (Å²) in [6.45, 7) is 4.13. The maximum atomic E-state index is 6.17. The van der Waals surface area contributed by atoms with Crippen molar-refractivity contribution in [1.29, 1.82) is 0 Å². The third-order valence-corrected chi connectivity index (χ3v) is 4.61. The van der Waals surface area contributed by atoms with Gasteiger partial charge in [-0.3, -0.25) is 0 Å². The van der Waals surface area contributed by atoms with Gasteiger partial charge in [-0.25, -0.2) is 9.98 Å². The number of likely N-dealkylation sites (tertiary alicyclic amines) is 1. The normalized spacial score (nSPS) is 19.8. The molecular formula is C18H29IN4O2. The second-order valence-corrected chi connectivity index (χ2v) is 6.51. The van der Waals surface area contributed by atoms with Gasteiger partial charge in [0.1, 0.15) is 6.10 Å². The van der Waals surface area contributed by atoms with E-state index in [1.807, 2.05) is 12.1 Å². The van der Waals surface area contributed by atoms with Crippen molar-refractivity contribution in [2.45, 2.75) is 51.2 Å². The lowest BCUT2D eigenvalue weighted by atomic mass is 10.1. The zero-order valence-electron chi connectivity index (χ0n) is 14.7. The quantitative estimate of drug-likeness (QED) is 0.425. The highest BCUT2D eigenvalue weighted by molar-refractivity contribution is 14.0. The van der Waals surface area contributed by atoms with Crippen LogP contribution in [0.5, 0.6) is 5.88 Å². The summed E-state index contributed by atoms with van der Waals surface area (Å²) >= 11 is 0. The first kappa shape index (κ1) is 20.2. The van der Waals surface area contributed by atoms with Crippen molar-refractivity contribution in [1.82, 2.24) is 9.88 Å². The molecule has 2 saturated heterocycles. The van der Waals surface area contributed by atoms with Gasteiger partial charge in [0.15, 0.2) is 5.96 Å². The highest BCUT2D eigenvalue weighted by atomic mass is 127. The minimum absolute atomic E-state index is 0. The van der Waals surface area contributed by atoms with Crippen LogP contribution < -0.4 is 10.5 Å². The first-order valence-corrected chi connectivity index (χ1v) is 9.05. The number of guanidine groups is 1. The number of hydrogen-bond acceptors (Lipinski definition) is 4. The summed E-state index contributed by atoms with van der Waals surface area (Å²) in [7, 11) is 0. The Kier molecular flexibility index (Phi) is 8.74. The van der Waals surface area contributed by atoms with Crippen molar-refractivity contribution in [2.75, 3.05) is 26.3 Å². The largest absolute Gasteiger partial charge is 0.474 e. The van der Waals surface area contributed by atoms with Gasteiger partial charge in [-0.05, 0) is 24.5 Å². The molecule has 0 amide bonds. The van der Waals surface area contributed by atoms with Crippen LogP contribution in [-0.2, 0) is 11.3 Å². The van der Waals surface area contributed by atoms with Crippen LogP contribution in [0.2, 0.25) is 0 Å². The number of halogens is 1. The monoisotopic (exact) mass is 460 g/mol. The number of rotatable bonds is 4. The lowest BCUT2D eigenvalue weighted by Crippen LogP contribution is -2.38. The zero-order chi connectivity index (χ0) is 16.6. The Labute approximate surface area is 167 Å². The van der Waals surface area contributed by atoms with Crippen LogP contribution in [0, 0.1) is 0 Å². The lowest BCUT2D eigenvalue weighted by Gasteiger charge is -2.23. The average Bonchev–Trinajstić information content (AvgIpc) is 2.90. The molecule has 1 aromatic rings. The Morgan fingerprint density at radius 3 is 2.68 bits per heavy atom. The number of aliphatic imine (C=N–C) groups is 1. The van der Waals surface area contributed by atoms with Gasteiger partial charge in [0.25, 0.3) is 0 Å². The minimum Gasteiger partial charge on any atom is -0.474 e. The summed E-state index contributed by atoms with van der Waals surface area (Å²) < 4.78 is 11.3. The van der Waals surface area contributed by atoms with Gasteiger partial charge in [-0.1, -0.05) is 12.8 Å². The van der Waals surface area contributed by atoms with Crippen LogP contribution >= 0.6 is 24.0 Å². The van der Waals surface area contributed by atoms with Gasteiger partial charge in [0.2, 0.25) is 5.88 Å². The van der Waals surface area contributed by atoms with Crippen molar-refractivity contribution < 1.29 is 9.47 Å². The van der Waals surface area contributed by atoms with Gasteiger partial charge in [-0.2, -0.15) is 0 Å². The summed E-state index contributed by atoms with van der Waals surface area (Å²) in [6.07, 6.45) is 8.82. The van der Waals surface area contributed by atoms with Gasteiger partial charge in [0.05, 0.1) is 19.8 Å². The fourth-order valence-corrected chi connectivity index (χ4v) is 3.15. The molecule has 25 heavy (non-hydrogen) atoms. The van der Waals surface area contributed by atoms with E-state index in [0.717, 1.165) is 44.7 Å². The van der Waals surface area contributed by atoms with Crippen LogP contribution in [-0.4, -0.2) is 48.3 Å². The third-order valence-electron chi connectivity index (χ3n) is 4.61. The number of pyridine rings is 1. The van der Waals surface area contributed by atoms with Gasteiger partial charge >= 0.3 is 0 Å². The van der Waals surface area contributed by atoms with Crippen LogP contribution in [0.4, 0.5) is 0 Å². The Bertz CT molecular complexity index is 542. The van der Waals surface area contributed by atoms with Crippen molar-refractivity contribution >= 4 is 29.9 Å². The van der Waals surface area contributed by atoms with Gasteiger partial charge < -0.3 is 20.1 Å². The molecule has 0 bridgehead atoms. The molecule has 0 saturated carbocycles. The summed E-state index contributed by atoms with van der Waals surface area (Å²) in [5.74, 6) is 1.32. The average molecular weight is 460 g/mol. The number of aromatic nitrogens is 1. The predicted molar refractivity (Wildman–Crippen MR) is 109 cm³/mol. The fraction of sp³-hybridized carbons (Fsp3) is 0.667. The van der Waals surface area contributed by atoms with Gasteiger partial charge in [-0.15, -0.1) is 24.0 Å². The first-order valence-electron chi connectivity index (χ1n) is 9.05. The predicted octanol–water partition coefficient (Wildman–Crippen LogP) is 2.95. The summed E-state index contributed by atoms with van der Waals surface area (Å²) in [4.78, 5) is 11.1. The van der Waals surface area contributed by atoms with E-state index >= 15 is 0 Å². The molecule has 0 unspecified atom stereocenters. The molecule has 2 N–H and O–H groups in total. The molecule has 3 heterocycles. The number of hydrogen-bond donors (Lipinski definition) is 1. The van der Waals surface area contributed by atoms with E-state index < -0.39 is 0 Å². The van der Waals surface area contributed by atoms with E-state index in [1.54, 1.807) is 6.20 Å². The second kappa shape index (κ2) is 10.8. The Morgan fingerprint density at radius 1 is 1.24 bits per heavy atom. The molecule has 2 fully saturated rings.